The van der Waals surface area contributed by atoms with Crippen LogP contribution in [-0.2, 0) is 9.53 Å². The standard InChI is InChI=1S/C12H15FO5/c1-17-10-5-7(13)3-4-8(10)12(16)9(14)6-11(15)18-2/h3-5,9,12,14,16H,6H2,1-2H3. The summed E-state index contributed by atoms with van der Waals surface area (Å²) in [6.07, 6.45) is -3.07. The van der Waals surface area contributed by atoms with E-state index in [0.717, 1.165) is 12.1 Å². The maximum atomic E-state index is 13.0. The molecule has 6 heteroatoms. The van der Waals surface area contributed by atoms with Crippen molar-refractivity contribution in [1.29, 1.82) is 0 Å². The van der Waals surface area contributed by atoms with Crippen LogP contribution in [0.3, 0.4) is 0 Å². The first-order chi connectivity index (χ1) is 8.49. The van der Waals surface area contributed by atoms with Crippen molar-refractivity contribution in [2.24, 2.45) is 0 Å². The molecule has 0 aliphatic carbocycles. The van der Waals surface area contributed by atoms with Crippen molar-refractivity contribution >= 4 is 5.97 Å². The largest absolute Gasteiger partial charge is 0.496 e. The van der Waals surface area contributed by atoms with Crippen molar-refractivity contribution in [2.45, 2.75) is 18.6 Å². The van der Waals surface area contributed by atoms with Crippen LogP contribution in [0.5, 0.6) is 5.75 Å². The fourth-order valence-corrected chi connectivity index (χ4v) is 1.50. The van der Waals surface area contributed by atoms with Gasteiger partial charge in [0.1, 0.15) is 17.7 Å². The number of carbonyl (C=O) groups excluding carboxylic acids is 1. The minimum absolute atomic E-state index is 0.103. The van der Waals surface area contributed by atoms with E-state index in [4.69, 9.17) is 4.74 Å². The molecule has 1 aromatic rings. The summed E-state index contributed by atoms with van der Waals surface area (Å²) in [5, 5.41) is 19.5. The van der Waals surface area contributed by atoms with Crippen LogP contribution in [0, 0.1) is 5.82 Å². The van der Waals surface area contributed by atoms with Crippen LogP contribution < -0.4 is 4.74 Å². The predicted molar refractivity (Wildman–Crippen MR) is 60.6 cm³/mol. The highest BCUT2D eigenvalue weighted by Crippen LogP contribution is 2.29. The number of hydrogen-bond donors (Lipinski definition) is 2. The van der Waals surface area contributed by atoms with Crippen molar-refractivity contribution in [3.05, 3.63) is 29.6 Å². The molecule has 2 atom stereocenters. The Labute approximate surface area is 104 Å². The van der Waals surface area contributed by atoms with Gasteiger partial charge in [0.05, 0.1) is 26.7 Å². The molecule has 0 saturated carbocycles. The number of halogens is 1. The molecule has 5 nitrogen and oxygen atoms in total. The van der Waals surface area contributed by atoms with Crippen molar-refractivity contribution in [3.63, 3.8) is 0 Å². The molecule has 18 heavy (non-hydrogen) atoms. The van der Waals surface area contributed by atoms with E-state index in [2.05, 4.69) is 4.74 Å². The highest BCUT2D eigenvalue weighted by molar-refractivity contribution is 5.69. The Bertz CT molecular complexity index is 421. The Morgan fingerprint density at radius 3 is 2.61 bits per heavy atom. The molecule has 2 unspecified atom stereocenters. The van der Waals surface area contributed by atoms with E-state index in [1.807, 2.05) is 0 Å². The summed E-state index contributed by atoms with van der Waals surface area (Å²) in [5.74, 6) is -1.07. The van der Waals surface area contributed by atoms with Crippen LogP contribution in [0.1, 0.15) is 18.1 Å². The highest BCUT2D eigenvalue weighted by Gasteiger charge is 2.24. The molecule has 0 heterocycles. The van der Waals surface area contributed by atoms with Gasteiger partial charge in [-0.05, 0) is 12.1 Å². The molecule has 0 aromatic heterocycles. The number of ether oxygens (including phenoxy) is 2. The Balaban J connectivity index is 2.89. The quantitative estimate of drug-likeness (QED) is 0.764. The molecule has 0 radical (unpaired) electrons. The number of rotatable bonds is 5. The number of hydrogen-bond acceptors (Lipinski definition) is 5. The fraction of sp³-hybridized carbons (Fsp3) is 0.417. The summed E-state index contributed by atoms with van der Waals surface area (Å²) in [4.78, 5) is 11.0. The maximum Gasteiger partial charge on any atom is 0.308 e. The van der Waals surface area contributed by atoms with Gasteiger partial charge in [-0.1, -0.05) is 0 Å². The van der Waals surface area contributed by atoms with Gasteiger partial charge in [-0.15, -0.1) is 0 Å². The SMILES string of the molecule is COC(=O)CC(O)C(O)c1ccc(F)cc1OC. The smallest absolute Gasteiger partial charge is 0.308 e. The molecule has 0 bridgehead atoms. The Hall–Kier alpha value is -1.66. The monoisotopic (exact) mass is 258 g/mol. The van der Waals surface area contributed by atoms with Gasteiger partial charge in [0.15, 0.2) is 0 Å². The Morgan fingerprint density at radius 2 is 2.06 bits per heavy atom. The topological polar surface area (TPSA) is 76.0 Å². The fourth-order valence-electron chi connectivity index (χ4n) is 1.50. The molecule has 0 fully saturated rings. The zero-order chi connectivity index (χ0) is 13.7. The van der Waals surface area contributed by atoms with Crippen LogP contribution in [0.2, 0.25) is 0 Å². The minimum atomic E-state index is -1.36. The second-order valence-electron chi connectivity index (χ2n) is 3.68. The van der Waals surface area contributed by atoms with Crippen LogP contribution in [0.15, 0.2) is 18.2 Å². The van der Waals surface area contributed by atoms with Crippen LogP contribution in [-0.4, -0.2) is 36.5 Å². The average molecular weight is 258 g/mol. The molecular formula is C12H15FO5. The second-order valence-corrected chi connectivity index (χ2v) is 3.68. The van der Waals surface area contributed by atoms with Crippen LogP contribution in [0.25, 0.3) is 0 Å². The summed E-state index contributed by atoms with van der Waals surface area (Å²) in [5.41, 5.74) is 0.204. The minimum Gasteiger partial charge on any atom is -0.496 e. The molecule has 2 N–H and O–H groups in total. The first-order valence-corrected chi connectivity index (χ1v) is 5.26. The summed E-state index contributed by atoms with van der Waals surface area (Å²) in [6, 6.07) is 3.51. The Morgan fingerprint density at radius 1 is 1.39 bits per heavy atom. The van der Waals surface area contributed by atoms with E-state index in [1.54, 1.807) is 0 Å². The van der Waals surface area contributed by atoms with E-state index < -0.39 is 24.0 Å². The maximum absolute atomic E-state index is 13.0. The van der Waals surface area contributed by atoms with Crippen LogP contribution in [0.4, 0.5) is 4.39 Å². The van der Waals surface area contributed by atoms with Crippen molar-refractivity contribution < 1.29 is 28.9 Å². The molecule has 0 aliphatic rings. The molecule has 0 aliphatic heterocycles. The average Bonchev–Trinajstić information content (AvgIpc) is 2.37. The lowest BCUT2D eigenvalue weighted by Gasteiger charge is -2.19. The third kappa shape index (κ3) is 3.41. The third-order valence-electron chi connectivity index (χ3n) is 2.48. The van der Waals surface area contributed by atoms with Gasteiger partial charge in [-0.2, -0.15) is 0 Å². The number of benzene rings is 1. The third-order valence-corrected chi connectivity index (χ3v) is 2.48. The molecule has 100 valence electrons. The second kappa shape index (κ2) is 6.32. The van der Waals surface area contributed by atoms with E-state index in [0.29, 0.717) is 0 Å². The van der Waals surface area contributed by atoms with Gasteiger partial charge < -0.3 is 19.7 Å². The lowest BCUT2D eigenvalue weighted by atomic mass is 10.0. The molecule has 0 amide bonds. The zero-order valence-electron chi connectivity index (χ0n) is 10.1. The van der Waals surface area contributed by atoms with E-state index in [9.17, 15) is 19.4 Å². The number of aliphatic hydroxyl groups excluding tert-OH is 2. The van der Waals surface area contributed by atoms with Crippen molar-refractivity contribution in [3.8, 4) is 5.75 Å². The number of carbonyl (C=O) groups is 1. The number of methoxy groups -OCH3 is 2. The van der Waals surface area contributed by atoms with Crippen molar-refractivity contribution in [2.75, 3.05) is 14.2 Å². The molecule has 0 saturated heterocycles. The summed E-state index contributed by atoms with van der Waals surface area (Å²) >= 11 is 0. The van der Waals surface area contributed by atoms with Gasteiger partial charge in [0.25, 0.3) is 0 Å². The first kappa shape index (κ1) is 14.4. The summed E-state index contributed by atoms with van der Waals surface area (Å²) < 4.78 is 22.2. The zero-order valence-corrected chi connectivity index (χ0v) is 10.1. The van der Waals surface area contributed by atoms with Gasteiger partial charge in [0.2, 0.25) is 0 Å². The first-order valence-electron chi connectivity index (χ1n) is 5.26. The van der Waals surface area contributed by atoms with Gasteiger partial charge in [0, 0.05) is 11.6 Å². The molecule has 1 rings (SSSR count). The van der Waals surface area contributed by atoms with E-state index in [1.165, 1.54) is 20.3 Å². The lowest BCUT2D eigenvalue weighted by molar-refractivity contribution is -0.144. The highest BCUT2D eigenvalue weighted by atomic mass is 19.1. The van der Waals surface area contributed by atoms with Crippen molar-refractivity contribution in [1.82, 2.24) is 0 Å². The van der Waals surface area contributed by atoms with Gasteiger partial charge >= 0.3 is 5.97 Å². The molecular weight excluding hydrogens is 243 g/mol. The number of esters is 1. The Kier molecular flexibility index (Phi) is 5.06. The van der Waals surface area contributed by atoms with Gasteiger partial charge in [-0.25, -0.2) is 4.39 Å². The van der Waals surface area contributed by atoms with E-state index in [-0.39, 0.29) is 17.7 Å². The van der Waals surface area contributed by atoms with E-state index >= 15 is 0 Å². The summed E-state index contributed by atoms with van der Waals surface area (Å²) in [7, 11) is 2.50. The molecule has 0 spiro atoms. The number of aliphatic hydroxyl groups is 2. The van der Waals surface area contributed by atoms with Crippen LogP contribution >= 0.6 is 0 Å². The predicted octanol–water partition coefficient (Wildman–Crippen LogP) is 0.792. The lowest BCUT2D eigenvalue weighted by Crippen LogP contribution is -2.23. The molecule has 1 aromatic carbocycles. The van der Waals surface area contributed by atoms with Gasteiger partial charge in [-0.3, -0.25) is 4.79 Å². The summed E-state index contributed by atoms with van der Waals surface area (Å²) in [6.45, 7) is 0. The normalized spacial score (nSPS) is 13.8.